The maximum absolute atomic E-state index is 13.0. The highest BCUT2D eigenvalue weighted by Gasteiger charge is 2.54. The van der Waals surface area contributed by atoms with Gasteiger partial charge in [-0.25, -0.2) is 9.78 Å². The summed E-state index contributed by atoms with van der Waals surface area (Å²) in [5, 5.41) is 1.57. The van der Waals surface area contributed by atoms with Crippen LogP contribution in [-0.2, 0) is 19.1 Å². The van der Waals surface area contributed by atoms with E-state index in [-0.39, 0.29) is 17.0 Å². The summed E-state index contributed by atoms with van der Waals surface area (Å²) in [6, 6.07) is 8.69. The number of β-lactam (4-membered cyclic amide) rings is 1. The first-order chi connectivity index (χ1) is 18.0. The third-order valence-corrected chi connectivity index (χ3v) is 8.86. The van der Waals surface area contributed by atoms with E-state index in [1.54, 1.807) is 13.3 Å². The molecule has 1 aromatic carbocycles. The number of carbonyl (C=O) groups is 2. The minimum atomic E-state index is -0.778. The third kappa shape index (κ3) is 5.93. The molecule has 37 heavy (non-hydrogen) atoms. The average Bonchev–Trinajstić information content (AvgIpc) is 3.39. The van der Waals surface area contributed by atoms with Crippen LogP contribution in [0, 0.1) is 0 Å². The average molecular weight is 550 g/mol. The van der Waals surface area contributed by atoms with E-state index in [9.17, 15) is 9.59 Å². The number of thiazole rings is 1. The van der Waals surface area contributed by atoms with Crippen molar-refractivity contribution in [3.63, 3.8) is 0 Å². The van der Waals surface area contributed by atoms with Crippen LogP contribution in [0.2, 0.25) is 0 Å². The predicted octanol–water partition coefficient (Wildman–Crippen LogP) is 4.21. The van der Waals surface area contributed by atoms with Crippen LogP contribution in [0.1, 0.15) is 18.2 Å². The number of amides is 1. The van der Waals surface area contributed by atoms with Crippen LogP contribution in [0.3, 0.4) is 0 Å². The SMILES string of the molecule is [B]OC(=O)C1=C(Sc2nc(C(/C=C\C)=C/C=NC)cs2)CS[C@@H]2[C@H](NOC(=C)c3ccccc3)C(=O)N12. The standard InChI is InChI=1S/C25H23BN4O4S3/c1-4-8-17(11-12-27-3)18-13-36-25(28-18)37-19-14-35-23-20(22(31)30(23)21(19)24(32)33-26)29-34-15(2)16-9-6-5-7-10-16/h4-13,20,23,29H,2,14H2,1,3H3/b8-4-,17-11+,27-12?/t20-,23-/m1/s1. The molecule has 188 valence electrons. The lowest BCUT2D eigenvalue weighted by Crippen LogP contribution is -2.69. The van der Waals surface area contributed by atoms with Crippen LogP contribution in [-0.4, -0.2) is 60.2 Å². The van der Waals surface area contributed by atoms with Crippen LogP contribution in [0.4, 0.5) is 0 Å². The highest BCUT2D eigenvalue weighted by Crippen LogP contribution is 2.46. The summed E-state index contributed by atoms with van der Waals surface area (Å²) in [6.45, 7) is 5.83. The number of fused-ring (bicyclic) bond motifs is 1. The number of nitrogens with one attached hydrogen (secondary N) is 1. The largest absolute Gasteiger partial charge is 0.539 e. The molecule has 2 aromatic rings. The van der Waals surface area contributed by atoms with Crippen molar-refractivity contribution in [2.45, 2.75) is 22.7 Å². The Labute approximate surface area is 229 Å². The van der Waals surface area contributed by atoms with E-state index < -0.39 is 12.0 Å². The number of benzene rings is 1. The van der Waals surface area contributed by atoms with E-state index in [1.165, 1.54) is 39.8 Å². The van der Waals surface area contributed by atoms with Gasteiger partial charge in [0.25, 0.3) is 5.91 Å². The third-order valence-electron chi connectivity index (χ3n) is 5.38. The molecule has 4 rings (SSSR count). The normalized spacial score (nSPS) is 19.8. The van der Waals surface area contributed by atoms with Crippen molar-refractivity contribution in [3.05, 3.63) is 82.4 Å². The molecule has 3 heterocycles. The Hall–Kier alpha value is -3.06. The van der Waals surface area contributed by atoms with Gasteiger partial charge in [0.1, 0.15) is 16.8 Å². The van der Waals surface area contributed by atoms with Crippen molar-refractivity contribution in [2.75, 3.05) is 12.8 Å². The number of hydroxylamine groups is 1. The summed E-state index contributed by atoms with van der Waals surface area (Å²) in [4.78, 5) is 42.0. The molecule has 1 amide bonds. The molecule has 1 N–H and O–H groups in total. The Bertz CT molecular complexity index is 1310. The van der Waals surface area contributed by atoms with Crippen molar-refractivity contribution in [1.82, 2.24) is 15.4 Å². The summed E-state index contributed by atoms with van der Waals surface area (Å²) in [6.07, 6.45) is 7.46. The summed E-state index contributed by atoms with van der Waals surface area (Å²) in [5.41, 5.74) is 5.41. The number of aliphatic imine (C=N–C) groups is 1. The predicted molar refractivity (Wildman–Crippen MR) is 151 cm³/mol. The first kappa shape index (κ1) is 27.0. The molecular weight excluding hydrogens is 527 g/mol. The smallest absolute Gasteiger partial charge is 0.378 e. The Morgan fingerprint density at radius 1 is 1.38 bits per heavy atom. The second-order valence-corrected chi connectivity index (χ2v) is 11.0. The highest BCUT2D eigenvalue weighted by molar-refractivity contribution is 8.07. The van der Waals surface area contributed by atoms with Gasteiger partial charge >= 0.3 is 14.0 Å². The molecule has 12 heteroatoms. The number of rotatable bonds is 10. The van der Waals surface area contributed by atoms with Crippen molar-refractivity contribution >= 4 is 72.3 Å². The number of thioether (sulfide) groups is 2. The van der Waals surface area contributed by atoms with Gasteiger partial charge in [-0.15, -0.1) is 28.6 Å². The monoisotopic (exact) mass is 550 g/mol. The zero-order valence-corrected chi connectivity index (χ0v) is 22.6. The highest BCUT2D eigenvalue weighted by atomic mass is 32.2. The first-order valence-electron chi connectivity index (χ1n) is 11.1. The van der Waals surface area contributed by atoms with Gasteiger partial charge in [0.05, 0.1) is 5.69 Å². The summed E-state index contributed by atoms with van der Waals surface area (Å²) in [7, 11) is 6.93. The lowest BCUT2D eigenvalue weighted by molar-refractivity contribution is -0.152. The van der Waals surface area contributed by atoms with Gasteiger partial charge in [-0.3, -0.25) is 14.7 Å². The van der Waals surface area contributed by atoms with E-state index >= 15 is 0 Å². The minimum absolute atomic E-state index is 0.125. The second kappa shape index (κ2) is 12.5. The molecule has 0 bridgehead atoms. The first-order valence-corrected chi connectivity index (χ1v) is 13.9. The molecule has 0 unspecified atom stereocenters. The molecule has 1 aromatic heterocycles. The maximum Gasteiger partial charge on any atom is 0.378 e. The molecule has 2 radical (unpaired) electrons. The fourth-order valence-electron chi connectivity index (χ4n) is 3.61. The van der Waals surface area contributed by atoms with Crippen LogP contribution in [0.25, 0.3) is 11.3 Å². The van der Waals surface area contributed by atoms with Gasteiger partial charge in [0, 0.05) is 40.4 Å². The molecule has 2 atom stereocenters. The van der Waals surface area contributed by atoms with E-state index in [0.717, 1.165) is 21.2 Å². The lowest BCUT2D eigenvalue weighted by Gasteiger charge is -2.49. The molecular formula is C25H23BN4O4S3. The zero-order chi connectivity index (χ0) is 26.4. The van der Waals surface area contributed by atoms with Gasteiger partial charge in [0.2, 0.25) is 0 Å². The quantitative estimate of drug-likeness (QED) is 0.118. The Morgan fingerprint density at radius 3 is 2.86 bits per heavy atom. The molecule has 0 aliphatic carbocycles. The summed E-state index contributed by atoms with van der Waals surface area (Å²) >= 11 is 4.27. The van der Waals surface area contributed by atoms with Crippen LogP contribution >= 0.6 is 34.9 Å². The molecule has 1 saturated heterocycles. The minimum Gasteiger partial charge on any atom is -0.539 e. The Kier molecular flexibility index (Phi) is 9.09. The zero-order valence-electron chi connectivity index (χ0n) is 20.1. The lowest BCUT2D eigenvalue weighted by atomic mass is 10.1. The topological polar surface area (TPSA) is 93.1 Å². The van der Waals surface area contributed by atoms with Gasteiger partial charge in [-0.2, -0.15) is 0 Å². The molecule has 2 aliphatic heterocycles. The van der Waals surface area contributed by atoms with Crippen LogP contribution in [0.5, 0.6) is 0 Å². The fraction of sp³-hybridized carbons (Fsp3) is 0.200. The molecule has 1 fully saturated rings. The molecule has 0 saturated carbocycles. The number of nitrogens with zero attached hydrogens (tertiary/aromatic N) is 3. The maximum atomic E-state index is 13.0. The van der Waals surface area contributed by atoms with E-state index in [2.05, 4.69) is 21.7 Å². The number of aromatic nitrogens is 1. The van der Waals surface area contributed by atoms with Gasteiger partial charge in [-0.1, -0.05) is 60.8 Å². The van der Waals surface area contributed by atoms with E-state index in [1.807, 2.05) is 60.9 Å². The van der Waals surface area contributed by atoms with Crippen molar-refractivity contribution in [1.29, 1.82) is 0 Å². The van der Waals surface area contributed by atoms with E-state index in [4.69, 9.17) is 17.9 Å². The Morgan fingerprint density at radius 2 is 2.16 bits per heavy atom. The molecule has 0 spiro atoms. The Balaban J connectivity index is 1.50. The van der Waals surface area contributed by atoms with Crippen molar-refractivity contribution in [3.8, 4) is 0 Å². The fourth-order valence-corrected chi connectivity index (χ4v) is 7.06. The van der Waals surface area contributed by atoms with Crippen LogP contribution < -0.4 is 5.48 Å². The number of allylic oxidation sites excluding steroid dienone is 4. The molecule has 2 aliphatic rings. The number of carbonyl (C=O) groups excluding carboxylic acids is 2. The van der Waals surface area contributed by atoms with Gasteiger partial charge in [0.15, 0.2) is 10.4 Å². The van der Waals surface area contributed by atoms with E-state index in [0.29, 0.717) is 16.4 Å². The summed E-state index contributed by atoms with van der Waals surface area (Å²) < 4.78 is 5.26. The van der Waals surface area contributed by atoms with Crippen LogP contribution in [0.15, 0.2) is 80.5 Å². The number of hydrogen-bond donors (Lipinski definition) is 1. The second-order valence-electron chi connectivity index (χ2n) is 7.70. The van der Waals surface area contributed by atoms with Gasteiger partial charge < -0.3 is 9.49 Å². The van der Waals surface area contributed by atoms with Gasteiger partial charge in [-0.05, 0) is 13.0 Å². The van der Waals surface area contributed by atoms with Crippen molar-refractivity contribution < 1.29 is 19.1 Å². The molecule has 8 nitrogen and oxygen atoms in total. The van der Waals surface area contributed by atoms with Crippen molar-refractivity contribution in [2.24, 2.45) is 4.99 Å². The number of hydrogen-bond acceptors (Lipinski definition) is 10. The summed E-state index contributed by atoms with van der Waals surface area (Å²) in [5.74, 6) is -0.249.